The maximum Gasteiger partial charge on any atom is 0.306 e. The highest BCUT2D eigenvalue weighted by atomic mass is 16.4. The Morgan fingerprint density at radius 3 is 2.63 bits per heavy atom. The first-order chi connectivity index (χ1) is 9.09. The highest BCUT2D eigenvalue weighted by molar-refractivity contribution is 5.70. The second-order valence-corrected chi connectivity index (χ2v) is 6.45. The van der Waals surface area contributed by atoms with Gasteiger partial charge in [0.15, 0.2) is 0 Å². The Morgan fingerprint density at radius 1 is 1.21 bits per heavy atom. The molecule has 0 amide bonds. The molecule has 0 heterocycles. The molecule has 0 aliphatic heterocycles. The fraction of sp³-hybridized carbons (Fsp3) is 0.938. The Morgan fingerprint density at radius 2 is 1.95 bits per heavy atom. The topological polar surface area (TPSA) is 49.3 Å². The van der Waals surface area contributed by atoms with Crippen LogP contribution in [0.3, 0.4) is 0 Å². The molecule has 0 radical (unpaired) electrons. The van der Waals surface area contributed by atoms with Crippen molar-refractivity contribution in [3.63, 3.8) is 0 Å². The van der Waals surface area contributed by atoms with Gasteiger partial charge < -0.3 is 10.4 Å². The van der Waals surface area contributed by atoms with E-state index >= 15 is 0 Å². The van der Waals surface area contributed by atoms with Gasteiger partial charge in [-0.05, 0) is 38.1 Å². The van der Waals surface area contributed by atoms with Crippen molar-refractivity contribution < 1.29 is 9.90 Å². The van der Waals surface area contributed by atoms with Gasteiger partial charge >= 0.3 is 5.97 Å². The predicted octanol–water partition coefficient (Wildman–Crippen LogP) is 3.83. The Bertz CT molecular complexity index is 253. The monoisotopic (exact) mass is 269 g/mol. The molecule has 2 N–H and O–H groups in total. The second-order valence-electron chi connectivity index (χ2n) is 6.45. The van der Waals surface area contributed by atoms with E-state index in [1.807, 2.05) is 0 Å². The number of rotatable bonds is 9. The summed E-state index contributed by atoms with van der Waals surface area (Å²) in [5.41, 5.74) is 0. The van der Waals surface area contributed by atoms with Crippen molar-refractivity contribution in [1.82, 2.24) is 5.32 Å². The number of carbonyl (C=O) groups is 1. The molecule has 2 atom stereocenters. The minimum Gasteiger partial charge on any atom is -0.481 e. The normalized spacial score (nSPS) is 23.7. The van der Waals surface area contributed by atoms with Gasteiger partial charge in [-0.3, -0.25) is 4.79 Å². The Kier molecular flexibility index (Phi) is 8.11. The van der Waals surface area contributed by atoms with E-state index in [1.165, 1.54) is 32.1 Å². The zero-order valence-electron chi connectivity index (χ0n) is 12.7. The summed E-state index contributed by atoms with van der Waals surface area (Å²) in [6, 6.07) is 0.436. The van der Waals surface area contributed by atoms with Crippen molar-refractivity contribution in [3.8, 4) is 0 Å². The molecule has 0 aromatic carbocycles. The summed E-state index contributed by atoms with van der Waals surface area (Å²) in [7, 11) is 0. The molecule has 3 nitrogen and oxygen atoms in total. The van der Waals surface area contributed by atoms with Crippen LogP contribution in [0.15, 0.2) is 0 Å². The fourth-order valence-corrected chi connectivity index (χ4v) is 2.94. The highest BCUT2D eigenvalue weighted by Gasteiger charge is 2.26. The van der Waals surface area contributed by atoms with Gasteiger partial charge in [-0.1, -0.05) is 46.0 Å². The minimum atomic E-state index is -0.611. The smallest absolute Gasteiger partial charge is 0.306 e. The molecule has 0 saturated heterocycles. The molecule has 3 heteroatoms. The van der Waals surface area contributed by atoms with Crippen LogP contribution in [0.1, 0.15) is 71.6 Å². The van der Waals surface area contributed by atoms with Crippen molar-refractivity contribution in [2.75, 3.05) is 6.54 Å². The van der Waals surface area contributed by atoms with Crippen LogP contribution in [-0.2, 0) is 4.79 Å². The van der Waals surface area contributed by atoms with Crippen molar-refractivity contribution in [2.45, 2.75) is 77.7 Å². The Hall–Kier alpha value is -0.570. The van der Waals surface area contributed by atoms with Crippen LogP contribution in [0.2, 0.25) is 0 Å². The van der Waals surface area contributed by atoms with Crippen molar-refractivity contribution in [2.24, 2.45) is 11.8 Å². The molecule has 112 valence electrons. The van der Waals surface area contributed by atoms with E-state index in [2.05, 4.69) is 19.2 Å². The third kappa shape index (κ3) is 7.56. The molecule has 0 aromatic rings. The largest absolute Gasteiger partial charge is 0.481 e. The van der Waals surface area contributed by atoms with Gasteiger partial charge in [-0.25, -0.2) is 0 Å². The van der Waals surface area contributed by atoms with E-state index in [0.717, 1.165) is 38.1 Å². The van der Waals surface area contributed by atoms with Gasteiger partial charge in [0.1, 0.15) is 0 Å². The van der Waals surface area contributed by atoms with Crippen LogP contribution in [0.25, 0.3) is 0 Å². The van der Waals surface area contributed by atoms with Crippen molar-refractivity contribution >= 4 is 5.97 Å². The summed E-state index contributed by atoms with van der Waals surface area (Å²) >= 11 is 0. The number of carboxylic acid groups (broad SMARTS) is 1. The molecule has 0 spiro atoms. The average molecular weight is 269 g/mol. The lowest BCUT2D eigenvalue weighted by molar-refractivity contribution is -0.143. The predicted molar refractivity (Wildman–Crippen MR) is 79.3 cm³/mol. The van der Waals surface area contributed by atoms with E-state index < -0.39 is 5.97 Å². The molecule has 0 aromatic heterocycles. The number of carboxylic acids is 1. The first-order valence-corrected chi connectivity index (χ1v) is 8.05. The molecule has 0 bridgehead atoms. The standard InChI is InChI=1S/C16H31NO2/c1-13(2)8-5-3-4-6-11-17-15-10-7-9-14(12-15)16(18)19/h13-15,17H,3-12H2,1-2H3,(H,18,19). The zero-order valence-corrected chi connectivity index (χ0v) is 12.7. The van der Waals surface area contributed by atoms with Gasteiger partial charge in [-0.2, -0.15) is 0 Å². The molecule has 1 saturated carbocycles. The highest BCUT2D eigenvalue weighted by Crippen LogP contribution is 2.24. The number of hydrogen-bond acceptors (Lipinski definition) is 2. The molecule has 1 fully saturated rings. The third-order valence-electron chi connectivity index (χ3n) is 4.16. The summed E-state index contributed by atoms with van der Waals surface area (Å²) in [4.78, 5) is 11.0. The second kappa shape index (κ2) is 9.35. The summed E-state index contributed by atoms with van der Waals surface area (Å²) in [6.45, 7) is 5.62. The fourth-order valence-electron chi connectivity index (χ4n) is 2.94. The maximum absolute atomic E-state index is 11.0. The van der Waals surface area contributed by atoms with Crippen LogP contribution >= 0.6 is 0 Å². The number of unbranched alkanes of at least 4 members (excludes halogenated alkanes) is 3. The lowest BCUT2D eigenvalue weighted by atomic mass is 9.86. The van der Waals surface area contributed by atoms with Gasteiger partial charge in [-0.15, -0.1) is 0 Å². The first kappa shape index (κ1) is 16.5. The van der Waals surface area contributed by atoms with E-state index in [1.54, 1.807) is 0 Å². The van der Waals surface area contributed by atoms with Crippen molar-refractivity contribution in [1.29, 1.82) is 0 Å². The van der Waals surface area contributed by atoms with Crippen LogP contribution in [0.5, 0.6) is 0 Å². The first-order valence-electron chi connectivity index (χ1n) is 8.05. The number of nitrogens with one attached hydrogen (secondary N) is 1. The molecule has 1 rings (SSSR count). The van der Waals surface area contributed by atoms with Crippen LogP contribution in [-0.4, -0.2) is 23.7 Å². The third-order valence-corrected chi connectivity index (χ3v) is 4.16. The van der Waals surface area contributed by atoms with Crippen LogP contribution in [0.4, 0.5) is 0 Å². The quantitative estimate of drug-likeness (QED) is 0.625. The summed E-state index contributed by atoms with van der Waals surface area (Å²) in [5, 5.41) is 12.6. The van der Waals surface area contributed by atoms with E-state index in [0.29, 0.717) is 6.04 Å². The van der Waals surface area contributed by atoms with Crippen LogP contribution in [0, 0.1) is 11.8 Å². The summed E-state index contributed by atoms with van der Waals surface area (Å²) in [6.07, 6.45) is 10.5. The SMILES string of the molecule is CC(C)CCCCCCNC1CCCC(C(=O)O)C1. The number of aliphatic carboxylic acids is 1. The van der Waals surface area contributed by atoms with Gasteiger partial charge in [0, 0.05) is 6.04 Å². The van der Waals surface area contributed by atoms with Crippen molar-refractivity contribution in [3.05, 3.63) is 0 Å². The molecule has 1 aliphatic carbocycles. The zero-order chi connectivity index (χ0) is 14.1. The molecule has 2 unspecified atom stereocenters. The summed E-state index contributed by atoms with van der Waals surface area (Å²) in [5.74, 6) is 0.103. The van der Waals surface area contributed by atoms with Gasteiger partial charge in [0.25, 0.3) is 0 Å². The van der Waals surface area contributed by atoms with Gasteiger partial charge in [0.05, 0.1) is 5.92 Å². The minimum absolute atomic E-state index is 0.114. The van der Waals surface area contributed by atoms with E-state index in [-0.39, 0.29) is 5.92 Å². The molecule has 19 heavy (non-hydrogen) atoms. The number of hydrogen-bond donors (Lipinski definition) is 2. The Labute approximate surface area is 118 Å². The maximum atomic E-state index is 11.0. The average Bonchev–Trinajstić information content (AvgIpc) is 2.37. The van der Waals surface area contributed by atoms with Gasteiger partial charge in [0.2, 0.25) is 0 Å². The van der Waals surface area contributed by atoms with Crippen LogP contribution < -0.4 is 5.32 Å². The molecule has 1 aliphatic rings. The molecular weight excluding hydrogens is 238 g/mol. The van der Waals surface area contributed by atoms with E-state index in [9.17, 15) is 4.79 Å². The lowest BCUT2D eigenvalue weighted by Crippen LogP contribution is -2.36. The lowest BCUT2D eigenvalue weighted by Gasteiger charge is -2.27. The Balaban J connectivity index is 1.98. The summed E-state index contributed by atoms with van der Waals surface area (Å²) < 4.78 is 0. The molecular formula is C16H31NO2. The van der Waals surface area contributed by atoms with E-state index in [4.69, 9.17) is 5.11 Å².